The Labute approximate surface area is 228 Å². The van der Waals surface area contributed by atoms with Crippen LogP contribution in [0.2, 0.25) is 0 Å². The standard InChI is InChI=1S/C35H59FO/c1-3-5-6-7-8-9-27-12-16-29(17-13-27)31-20-24-35(25-21-31)32(36)34(33(35)37)22-18-30(19-23-34)28-14-10-26(4-2)11-15-28/h26-32H,3-25H2,1-2H3. The number of carbonyl (C=O) groups excluding carboxylic acids is 1. The van der Waals surface area contributed by atoms with Crippen LogP contribution >= 0.6 is 0 Å². The Balaban J connectivity index is 1.04. The molecule has 0 heterocycles. The number of Topliss-reactive ketones (excluding diaryl/α,β-unsaturated/α-hetero) is 1. The first-order chi connectivity index (χ1) is 18.0. The van der Waals surface area contributed by atoms with Crippen LogP contribution < -0.4 is 0 Å². The molecule has 1 unspecified atom stereocenters. The Bertz CT molecular complexity index is 712. The normalized spacial score (nSPS) is 44.7. The average molecular weight is 515 g/mol. The van der Waals surface area contributed by atoms with Crippen LogP contribution in [-0.2, 0) is 4.79 Å². The maximum atomic E-state index is 16.1. The summed E-state index contributed by atoms with van der Waals surface area (Å²) in [5, 5.41) is 0. The molecule has 0 saturated heterocycles. The van der Waals surface area contributed by atoms with E-state index in [0.717, 1.165) is 86.9 Å². The van der Waals surface area contributed by atoms with Gasteiger partial charge in [0.1, 0.15) is 6.17 Å². The second-order valence-corrected chi connectivity index (χ2v) is 14.9. The summed E-state index contributed by atoms with van der Waals surface area (Å²) in [7, 11) is 0. The van der Waals surface area contributed by atoms with E-state index in [0.29, 0.717) is 5.78 Å². The number of halogens is 1. The lowest BCUT2D eigenvalue weighted by molar-refractivity contribution is -0.194. The maximum Gasteiger partial charge on any atom is 0.151 e. The molecule has 212 valence electrons. The highest BCUT2D eigenvalue weighted by molar-refractivity contribution is 5.98. The van der Waals surface area contributed by atoms with Crippen molar-refractivity contribution in [2.24, 2.45) is 46.3 Å². The van der Waals surface area contributed by atoms with Gasteiger partial charge in [0.15, 0.2) is 5.78 Å². The number of hydrogen-bond donors (Lipinski definition) is 0. The zero-order valence-electron chi connectivity index (χ0n) is 24.6. The van der Waals surface area contributed by atoms with Gasteiger partial charge in [-0.05, 0) is 113 Å². The molecule has 5 aliphatic carbocycles. The first-order valence-corrected chi connectivity index (χ1v) is 17.2. The summed E-state index contributed by atoms with van der Waals surface area (Å²) in [6.07, 6.45) is 28.1. The van der Waals surface area contributed by atoms with Crippen LogP contribution in [-0.4, -0.2) is 12.0 Å². The van der Waals surface area contributed by atoms with Crippen molar-refractivity contribution in [3.8, 4) is 0 Å². The van der Waals surface area contributed by atoms with E-state index < -0.39 is 17.0 Å². The number of alkyl halides is 1. The first kappa shape index (κ1) is 28.1. The largest absolute Gasteiger partial charge is 0.298 e. The molecule has 0 N–H and O–H groups in total. The van der Waals surface area contributed by atoms with E-state index in [1.807, 2.05) is 0 Å². The fourth-order valence-electron chi connectivity index (χ4n) is 10.4. The van der Waals surface area contributed by atoms with Crippen molar-refractivity contribution >= 4 is 5.78 Å². The molecule has 1 atom stereocenters. The van der Waals surface area contributed by atoms with Crippen molar-refractivity contribution in [3.05, 3.63) is 0 Å². The van der Waals surface area contributed by atoms with Crippen molar-refractivity contribution < 1.29 is 9.18 Å². The lowest BCUT2D eigenvalue weighted by Crippen LogP contribution is -2.69. The Morgan fingerprint density at radius 1 is 0.595 bits per heavy atom. The summed E-state index contributed by atoms with van der Waals surface area (Å²) in [6, 6.07) is 0. The van der Waals surface area contributed by atoms with Crippen LogP contribution in [0.1, 0.15) is 162 Å². The summed E-state index contributed by atoms with van der Waals surface area (Å²) < 4.78 is 16.1. The van der Waals surface area contributed by atoms with Gasteiger partial charge in [-0.15, -0.1) is 0 Å². The van der Waals surface area contributed by atoms with Gasteiger partial charge in [-0.25, -0.2) is 4.39 Å². The highest BCUT2D eigenvalue weighted by atomic mass is 19.1. The van der Waals surface area contributed by atoms with Gasteiger partial charge in [0.05, 0.1) is 10.8 Å². The van der Waals surface area contributed by atoms with Crippen molar-refractivity contribution in [1.82, 2.24) is 0 Å². The van der Waals surface area contributed by atoms with Gasteiger partial charge in [-0.3, -0.25) is 4.79 Å². The van der Waals surface area contributed by atoms with E-state index in [4.69, 9.17) is 0 Å². The quantitative estimate of drug-likeness (QED) is 0.280. The Kier molecular flexibility index (Phi) is 9.44. The molecular weight excluding hydrogens is 455 g/mol. The van der Waals surface area contributed by atoms with Gasteiger partial charge in [-0.1, -0.05) is 84.5 Å². The molecule has 2 heteroatoms. The topological polar surface area (TPSA) is 17.1 Å². The fourth-order valence-corrected chi connectivity index (χ4v) is 10.4. The van der Waals surface area contributed by atoms with Crippen LogP contribution in [0.4, 0.5) is 4.39 Å². The van der Waals surface area contributed by atoms with Gasteiger partial charge in [-0.2, -0.15) is 0 Å². The minimum atomic E-state index is -0.839. The highest BCUT2D eigenvalue weighted by Crippen LogP contribution is 2.66. The van der Waals surface area contributed by atoms with Gasteiger partial charge in [0, 0.05) is 0 Å². The van der Waals surface area contributed by atoms with Crippen LogP contribution in [0.5, 0.6) is 0 Å². The molecule has 5 fully saturated rings. The van der Waals surface area contributed by atoms with Gasteiger partial charge >= 0.3 is 0 Å². The van der Waals surface area contributed by atoms with Crippen molar-refractivity contribution in [3.63, 3.8) is 0 Å². The second kappa shape index (κ2) is 12.4. The number of unbranched alkanes of at least 4 members (excludes halogenated alkanes) is 4. The molecule has 5 saturated carbocycles. The Morgan fingerprint density at radius 2 is 1.03 bits per heavy atom. The monoisotopic (exact) mass is 514 g/mol. The molecule has 1 nitrogen and oxygen atoms in total. The lowest BCUT2D eigenvalue weighted by atomic mass is 9.41. The predicted octanol–water partition coefficient (Wildman–Crippen LogP) is 10.6. The summed E-state index contributed by atoms with van der Waals surface area (Å²) in [6.45, 7) is 4.63. The zero-order chi connectivity index (χ0) is 25.9. The number of ketones is 1. The molecule has 5 rings (SSSR count). The van der Waals surface area contributed by atoms with E-state index in [1.165, 1.54) is 96.3 Å². The number of rotatable bonds is 9. The average Bonchev–Trinajstić information content (AvgIpc) is 2.97. The lowest BCUT2D eigenvalue weighted by Gasteiger charge is -2.62. The van der Waals surface area contributed by atoms with Crippen molar-refractivity contribution in [2.75, 3.05) is 0 Å². The van der Waals surface area contributed by atoms with E-state index in [9.17, 15) is 4.79 Å². The third kappa shape index (κ3) is 5.62. The predicted molar refractivity (Wildman–Crippen MR) is 153 cm³/mol. The minimum Gasteiger partial charge on any atom is -0.298 e. The maximum absolute atomic E-state index is 16.1. The highest BCUT2D eigenvalue weighted by Gasteiger charge is 2.71. The van der Waals surface area contributed by atoms with E-state index in [-0.39, 0.29) is 0 Å². The molecule has 5 aliphatic rings. The molecule has 0 aromatic rings. The molecule has 0 aromatic heterocycles. The Morgan fingerprint density at radius 3 is 1.46 bits per heavy atom. The van der Waals surface area contributed by atoms with E-state index in [1.54, 1.807) is 0 Å². The summed E-state index contributed by atoms with van der Waals surface area (Å²) >= 11 is 0. The van der Waals surface area contributed by atoms with Crippen LogP contribution in [0, 0.1) is 46.3 Å². The number of carbonyl (C=O) groups is 1. The Hall–Kier alpha value is -0.400. The minimum absolute atomic E-state index is 0.380. The zero-order valence-corrected chi connectivity index (χ0v) is 24.6. The van der Waals surface area contributed by atoms with Gasteiger partial charge < -0.3 is 0 Å². The van der Waals surface area contributed by atoms with Crippen LogP contribution in [0.15, 0.2) is 0 Å². The van der Waals surface area contributed by atoms with Gasteiger partial charge in [0.25, 0.3) is 0 Å². The molecule has 2 spiro atoms. The molecule has 0 bridgehead atoms. The van der Waals surface area contributed by atoms with E-state index in [2.05, 4.69) is 13.8 Å². The van der Waals surface area contributed by atoms with Gasteiger partial charge in [0.2, 0.25) is 0 Å². The summed E-state index contributed by atoms with van der Waals surface area (Å²) in [5.41, 5.74) is -1.14. The third-order valence-corrected chi connectivity index (χ3v) is 13.1. The van der Waals surface area contributed by atoms with Crippen LogP contribution in [0.3, 0.4) is 0 Å². The molecule has 37 heavy (non-hydrogen) atoms. The molecule has 0 amide bonds. The summed E-state index contributed by atoms with van der Waals surface area (Å²) in [5.74, 6) is 5.53. The molecule has 0 aliphatic heterocycles. The SMILES string of the molecule is CCCCCCCC1CCC(C2CCC3(CC2)C(=O)C2(CCC(C4CCC(CC)CC4)CC2)C3F)CC1. The fraction of sp³-hybridized carbons (Fsp3) is 0.971. The molecule has 0 radical (unpaired) electrons. The molecule has 0 aromatic carbocycles. The van der Waals surface area contributed by atoms with E-state index >= 15 is 4.39 Å². The first-order valence-electron chi connectivity index (χ1n) is 17.2. The van der Waals surface area contributed by atoms with Crippen LogP contribution in [0.25, 0.3) is 0 Å². The van der Waals surface area contributed by atoms with Crippen molar-refractivity contribution in [1.29, 1.82) is 0 Å². The summed E-state index contributed by atoms with van der Waals surface area (Å²) in [4.78, 5) is 13.7. The molecular formula is C35H59FO. The van der Waals surface area contributed by atoms with Crippen molar-refractivity contribution in [2.45, 2.75) is 168 Å². The third-order valence-electron chi connectivity index (χ3n) is 13.1. The number of hydrogen-bond acceptors (Lipinski definition) is 1. The smallest absolute Gasteiger partial charge is 0.151 e. The second-order valence-electron chi connectivity index (χ2n) is 14.9.